The number of carbonyl (C=O) groups excluding carboxylic acids is 7. The van der Waals surface area contributed by atoms with E-state index in [1.807, 2.05) is 61.0 Å². The first kappa shape index (κ1) is 70.3. The van der Waals surface area contributed by atoms with Crippen LogP contribution in [0.1, 0.15) is 138 Å². The van der Waals surface area contributed by atoms with E-state index in [9.17, 15) is 48.9 Å². The molecule has 1 unspecified atom stereocenters. The van der Waals surface area contributed by atoms with Crippen molar-refractivity contribution < 1.29 is 77.3 Å². The summed E-state index contributed by atoms with van der Waals surface area (Å²) in [5.74, 6) is -8.65. The number of ketones is 3. The summed E-state index contributed by atoms with van der Waals surface area (Å²) >= 11 is 0. The Morgan fingerprint density at radius 1 is 0.851 bits per heavy atom. The standard InChI is InChI=1S/C64H97N7O16/c1-10-84-29-23-55(73)69-25-27-70(28-26-69)62-66-36-46(37-67-62)38-68-63(80)86-51-22-20-45(33-54(51)83-9)32-48(65)53-35-50(72)41(4)31-43(6)57(75)58(76)56(74)42(5)30-39(2)16-12-11-13-17-40(3)52(82-8)34-47-21-19-44(7)64(81,87-47)59(77)60(78)71-24-15-14-18-49(71)61(79)85-53/h11-13,16-17,31,36-37,39,41-42,44-45,47-49,51-54,57-58,75-76,81H,10,14-15,18-30,32-35,38,65H2,1-9H3,(H,68,80)/b13-11+,16-12+,40-17+,43-31+/t39-,41-,42?,44-,45+,47+,48-,49+,51-,52+,53+,54-,57-,58+,64-/m1/s1. The molecule has 23 heteroatoms. The highest BCUT2D eigenvalue weighted by atomic mass is 16.6. The molecule has 4 aliphatic heterocycles. The molecule has 4 fully saturated rings. The second kappa shape index (κ2) is 33.7. The lowest BCUT2D eigenvalue weighted by atomic mass is 9.80. The number of cyclic esters (lactones) is 1. The topological polar surface area (TPSA) is 309 Å². The largest absolute Gasteiger partial charge is 0.459 e. The zero-order chi connectivity index (χ0) is 63.5. The summed E-state index contributed by atoms with van der Waals surface area (Å²) in [5.41, 5.74) is 8.66. The van der Waals surface area contributed by atoms with Gasteiger partial charge in [0, 0.05) is 115 Å². The monoisotopic (exact) mass is 1220 g/mol. The molecule has 15 atom stereocenters. The van der Waals surface area contributed by atoms with Crippen LogP contribution in [0.25, 0.3) is 0 Å². The molecule has 6 rings (SSSR count). The Labute approximate surface area is 512 Å². The molecule has 1 aromatic rings. The number of methoxy groups -OCH3 is 2. The second-order valence-electron chi connectivity index (χ2n) is 24.5. The molecule has 3 saturated heterocycles. The van der Waals surface area contributed by atoms with Gasteiger partial charge < -0.3 is 69.5 Å². The Morgan fingerprint density at radius 2 is 1.57 bits per heavy atom. The van der Waals surface area contributed by atoms with Crippen LogP contribution in [0, 0.1) is 29.6 Å². The molecule has 1 saturated carbocycles. The number of anilines is 1. The fourth-order valence-electron chi connectivity index (χ4n) is 12.4. The van der Waals surface area contributed by atoms with Crippen molar-refractivity contribution in [1.29, 1.82) is 0 Å². The number of aliphatic hydroxyl groups is 3. The van der Waals surface area contributed by atoms with Gasteiger partial charge in [0.1, 0.15) is 36.2 Å². The number of piperazine rings is 1. The van der Waals surface area contributed by atoms with Crippen molar-refractivity contribution in [1.82, 2.24) is 25.1 Å². The Hall–Kier alpha value is -5.79. The lowest BCUT2D eigenvalue weighted by Crippen LogP contribution is -2.61. The predicted octanol–water partition coefficient (Wildman–Crippen LogP) is 5.02. The third kappa shape index (κ3) is 19.6. The second-order valence-corrected chi connectivity index (χ2v) is 24.5. The number of Topliss-reactive ketones (excluding diaryl/α,β-unsaturated/α-hetero) is 3. The molecule has 484 valence electrons. The first-order valence-electron chi connectivity index (χ1n) is 31.2. The Balaban J connectivity index is 1.15. The number of alkyl carbamates (subject to hydrolysis) is 1. The summed E-state index contributed by atoms with van der Waals surface area (Å²) in [6, 6.07) is -2.23. The fourth-order valence-corrected chi connectivity index (χ4v) is 12.4. The Morgan fingerprint density at radius 3 is 2.26 bits per heavy atom. The summed E-state index contributed by atoms with van der Waals surface area (Å²) < 4.78 is 35.3. The minimum Gasteiger partial charge on any atom is -0.459 e. The number of hydrogen-bond acceptors (Lipinski definition) is 20. The molecule has 23 nitrogen and oxygen atoms in total. The van der Waals surface area contributed by atoms with Crippen LogP contribution in [0.3, 0.4) is 0 Å². The van der Waals surface area contributed by atoms with E-state index in [4.69, 9.17) is 34.2 Å². The highest BCUT2D eigenvalue weighted by Crippen LogP contribution is 2.38. The first-order chi connectivity index (χ1) is 41.5. The number of nitrogens with one attached hydrogen (secondary N) is 1. The van der Waals surface area contributed by atoms with Crippen molar-refractivity contribution >= 4 is 47.2 Å². The number of fused-ring (bicyclic) bond motifs is 3. The van der Waals surface area contributed by atoms with E-state index in [1.54, 1.807) is 40.3 Å². The van der Waals surface area contributed by atoms with Crippen LogP contribution in [0.15, 0.2) is 60.0 Å². The quantitative estimate of drug-likeness (QED) is 0.0750. The smallest absolute Gasteiger partial charge is 0.407 e. The van der Waals surface area contributed by atoms with Crippen LogP contribution < -0.4 is 16.0 Å². The van der Waals surface area contributed by atoms with Gasteiger partial charge in [-0.3, -0.25) is 24.0 Å². The van der Waals surface area contributed by atoms with E-state index in [0.717, 1.165) is 10.5 Å². The normalized spacial score (nSPS) is 34.1. The molecule has 5 aliphatic rings. The molecular weight excluding hydrogens is 1120 g/mol. The molecule has 1 aromatic heterocycles. The Bertz CT molecular complexity index is 2610. The number of aliphatic hydroxyl groups excluding tert-OH is 2. The SMILES string of the molecule is CCOCCC(=O)N1CCN(c2ncc(CNC(=O)O[C@@H]3CC[C@@H](C[C@@H](N)[C@@H]4CC(=O)[C@H](C)/C=C(\C)[C@@H](O)[C@@H](O)C(=O)C(C)C[C@H](C)/C=C/C=C/C=C(\C)[C@@H](OC)C[C@@H]5CC[C@@H](C)[C@@](O)(O5)C(=O)C(=O)N5CCCC[C@H]5C(=O)O4)C[C@H]3OC)cn2)CC1. The van der Waals surface area contributed by atoms with Gasteiger partial charge in [-0.25, -0.2) is 19.6 Å². The zero-order valence-corrected chi connectivity index (χ0v) is 52.5. The number of aromatic nitrogens is 2. The molecule has 87 heavy (non-hydrogen) atoms. The first-order valence-corrected chi connectivity index (χ1v) is 31.2. The highest BCUT2D eigenvalue weighted by Gasteiger charge is 2.53. The lowest BCUT2D eigenvalue weighted by Gasteiger charge is -2.42. The number of carbonyl (C=O) groups is 7. The van der Waals surface area contributed by atoms with Crippen LogP contribution in [-0.4, -0.2) is 197 Å². The minimum absolute atomic E-state index is 0.00539. The maximum Gasteiger partial charge on any atom is 0.407 e. The van der Waals surface area contributed by atoms with Crippen molar-refractivity contribution in [2.75, 3.05) is 65.1 Å². The van der Waals surface area contributed by atoms with E-state index in [1.165, 1.54) is 20.1 Å². The summed E-state index contributed by atoms with van der Waals surface area (Å²) in [6.45, 7) is 15.5. The van der Waals surface area contributed by atoms with E-state index >= 15 is 0 Å². The van der Waals surface area contributed by atoms with Crippen LogP contribution >= 0.6 is 0 Å². The van der Waals surface area contributed by atoms with Crippen LogP contribution in [0.4, 0.5) is 10.7 Å². The lowest BCUT2D eigenvalue weighted by molar-refractivity contribution is -0.265. The Kier molecular flexibility index (Phi) is 27.2. The molecule has 0 radical (unpaired) electrons. The number of piperidine rings is 1. The zero-order valence-electron chi connectivity index (χ0n) is 52.5. The maximum atomic E-state index is 14.6. The average Bonchev–Trinajstić information content (AvgIpc) is 1.65. The van der Waals surface area contributed by atoms with Gasteiger partial charge in [-0.15, -0.1) is 0 Å². The van der Waals surface area contributed by atoms with Crippen molar-refractivity contribution in [3.63, 3.8) is 0 Å². The van der Waals surface area contributed by atoms with Gasteiger partial charge >= 0.3 is 12.1 Å². The summed E-state index contributed by atoms with van der Waals surface area (Å²) in [7, 11) is 3.07. The van der Waals surface area contributed by atoms with Crippen molar-refractivity contribution in [3.8, 4) is 0 Å². The number of amides is 3. The highest BCUT2D eigenvalue weighted by molar-refractivity contribution is 6.39. The average molecular weight is 1220 g/mol. The van der Waals surface area contributed by atoms with Crippen LogP contribution in [-0.2, 0) is 63.7 Å². The van der Waals surface area contributed by atoms with E-state index in [0.29, 0.717) is 109 Å². The number of hydrogen-bond donors (Lipinski definition) is 5. The number of nitrogens with two attached hydrogens (primary N) is 1. The maximum absolute atomic E-state index is 14.6. The molecule has 6 N–H and O–H groups in total. The van der Waals surface area contributed by atoms with E-state index in [2.05, 4.69) is 15.3 Å². The van der Waals surface area contributed by atoms with Gasteiger partial charge in [0.25, 0.3) is 11.7 Å². The molecule has 3 amide bonds. The molecule has 5 heterocycles. The predicted molar refractivity (Wildman–Crippen MR) is 322 cm³/mol. The van der Waals surface area contributed by atoms with Crippen molar-refractivity contribution in [2.24, 2.45) is 35.3 Å². The van der Waals surface area contributed by atoms with Crippen molar-refractivity contribution in [2.45, 2.75) is 199 Å². The number of ether oxygens (including phenoxy) is 6. The van der Waals surface area contributed by atoms with Gasteiger partial charge in [0.15, 0.2) is 5.78 Å². The van der Waals surface area contributed by atoms with Gasteiger partial charge in [-0.2, -0.15) is 0 Å². The molecule has 2 bridgehead atoms. The molecule has 1 aliphatic carbocycles. The van der Waals surface area contributed by atoms with Gasteiger partial charge in [-0.05, 0) is 108 Å². The van der Waals surface area contributed by atoms with Gasteiger partial charge in [-0.1, -0.05) is 64.2 Å². The number of rotatable bonds is 13. The third-order valence-corrected chi connectivity index (χ3v) is 17.9. The summed E-state index contributed by atoms with van der Waals surface area (Å²) in [6.07, 6.45) is 10.5. The molecular formula is C64H97N7O16. The number of esters is 1. The van der Waals surface area contributed by atoms with E-state index < -0.39 is 120 Å². The van der Waals surface area contributed by atoms with Crippen molar-refractivity contribution in [3.05, 3.63) is 65.6 Å². The summed E-state index contributed by atoms with van der Waals surface area (Å²) in [5, 5.41) is 37.2. The van der Waals surface area contributed by atoms with Gasteiger partial charge in [0.2, 0.25) is 17.6 Å². The third-order valence-electron chi connectivity index (χ3n) is 17.9. The molecule has 0 aromatic carbocycles. The van der Waals surface area contributed by atoms with E-state index in [-0.39, 0.29) is 55.7 Å². The van der Waals surface area contributed by atoms with Gasteiger partial charge in [0.05, 0.1) is 31.3 Å². The number of allylic oxidation sites excluding steroid dienone is 6. The van der Waals surface area contributed by atoms with Crippen LogP contribution in [0.5, 0.6) is 0 Å². The number of nitrogens with zero attached hydrogens (tertiary/aromatic N) is 5. The van der Waals surface area contributed by atoms with Crippen LogP contribution in [0.2, 0.25) is 0 Å². The minimum atomic E-state index is -2.50. The fraction of sp³-hybridized carbons (Fsp3) is 0.703. The summed E-state index contributed by atoms with van der Waals surface area (Å²) in [4.78, 5) is 111. The molecule has 0 spiro atoms.